The number of carbonyl (C=O) groups is 1. The van der Waals surface area contributed by atoms with Crippen LogP contribution in [0, 0.1) is 0 Å². The van der Waals surface area contributed by atoms with Gasteiger partial charge in [-0.3, -0.25) is 9.10 Å². The van der Waals surface area contributed by atoms with Gasteiger partial charge in [-0.05, 0) is 50.8 Å². The van der Waals surface area contributed by atoms with Crippen LogP contribution >= 0.6 is 12.4 Å². The number of piperidine rings is 1. The van der Waals surface area contributed by atoms with Crippen molar-refractivity contribution < 1.29 is 13.2 Å². The molecular formula is C17H26ClN3O3S. The van der Waals surface area contributed by atoms with Crippen LogP contribution in [0.25, 0.3) is 0 Å². The number of likely N-dealkylation sites (tertiary alicyclic amines) is 1. The molecule has 2 N–H and O–H groups in total. The van der Waals surface area contributed by atoms with E-state index in [-0.39, 0.29) is 36.2 Å². The predicted molar refractivity (Wildman–Crippen MR) is 102 cm³/mol. The van der Waals surface area contributed by atoms with Crippen molar-refractivity contribution in [1.82, 2.24) is 4.90 Å². The highest BCUT2D eigenvalue weighted by Crippen LogP contribution is 2.27. The molecule has 2 atom stereocenters. The quantitative estimate of drug-likeness (QED) is 0.859. The lowest BCUT2D eigenvalue weighted by Crippen LogP contribution is -2.51. The van der Waals surface area contributed by atoms with Gasteiger partial charge in [0.05, 0.1) is 11.4 Å². The predicted octanol–water partition coefficient (Wildman–Crippen LogP) is 1.99. The molecular weight excluding hydrogens is 362 g/mol. The minimum Gasteiger partial charge on any atom is -0.334 e. The summed E-state index contributed by atoms with van der Waals surface area (Å²) in [4.78, 5) is 14.8. The van der Waals surface area contributed by atoms with Crippen molar-refractivity contribution in [3.63, 3.8) is 0 Å². The van der Waals surface area contributed by atoms with Gasteiger partial charge < -0.3 is 10.6 Å². The number of nitrogens with two attached hydrogens (primary N) is 1. The molecule has 2 saturated heterocycles. The summed E-state index contributed by atoms with van der Waals surface area (Å²) >= 11 is 0. The number of halogens is 1. The van der Waals surface area contributed by atoms with Crippen LogP contribution in [0.5, 0.6) is 0 Å². The van der Waals surface area contributed by atoms with Gasteiger partial charge in [-0.1, -0.05) is 6.07 Å². The van der Waals surface area contributed by atoms with Crippen LogP contribution in [-0.4, -0.2) is 50.2 Å². The van der Waals surface area contributed by atoms with Crippen LogP contribution in [0.3, 0.4) is 0 Å². The molecule has 2 aliphatic heterocycles. The number of hydrogen-bond acceptors (Lipinski definition) is 4. The highest BCUT2D eigenvalue weighted by Gasteiger charge is 2.31. The van der Waals surface area contributed by atoms with E-state index in [1.54, 1.807) is 24.3 Å². The molecule has 8 heteroatoms. The minimum atomic E-state index is -3.24. The molecule has 140 valence electrons. The van der Waals surface area contributed by atoms with Crippen LogP contribution in [0.15, 0.2) is 24.3 Å². The van der Waals surface area contributed by atoms with E-state index < -0.39 is 10.0 Å². The summed E-state index contributed by atoms with van der Waals surface area (Å²) in [5.41, 5.74) is 7.16. The molecule has 0 aliphatic carbocycles. The summed E-state index contributed by atoms with van der Waals surface area (Å²) in [6.45, 7) is 3.12. The molecule has 0 aromatic heterocycles. The molecule has 2 unspecified atom stereocenters. The standard InChI is InChI=1S/C17H25N3O3S.ClH/c1-13(18)16-8-2-3-9-19(16)17(21)14-6-4-7-15(12-14)20-10-5-11-24(20,22)23;/h4,6-7,12-13,16H,2-3,5,8-11,18H2,1H3;1H. The average Bonchev–Trinajstić information content (AvgIpc) is 2.93. The third-order valence-electron chi connectivity index (χ3n) is 4.90. The smallest absolute Gasteiger partial charge is 0.254 e. The zero-order valence-electron chi connectivity index (χ0n) is 14.4. The van der Waals surface area contributed by atoms with Gasteiger partial charge >= 0.3 is 0 Å². The van der Waals surface area contributed by atoms with E-state index in [2.05, 4.69) is 0 Å². The molecule has 3 rings (SSSR count). The lowest BCUT2D eigenvalue weighted by Gasteiger charge is -2.38. The SMILES string of the molecule is CC(N)C1CCCCN1C(=O)c1cccc(N2CCCS2(=O)=O)c1.Cl. The second kappa shape index (κ2) is 7.93. The third kappa shape index (κ3) is 4.10. The number of sulfonamides is 1. The summed E-state index contributed by atoms with van der Waals surface area (Å²) < 4.78 is 25.6. The molecule has 2 aliphatic rings. The first-order valence-corrected chi connectivity index (χ1v) is 10.2. The first-order valence-electron chi connectivity index (χ1n) is 8.57. The van der Waals surface area contributed by atoms with E-state index in [0.717, 1.165) is 19.3 Å². The number of anilines is 1. The van der Waals surface area contributed by atoms with E-state index in [9.17, 15) is 13.2 Å². The maximum atomic E-state index is 12.9. The Balaban J connectivity index is 0.00000225. The summed E-state index contributed by atoms with van der Waals surface area (Å²) in [7, 11) is -3.24. The summed E-state index contributed by atoms with van der Waals surface area (Å²) in [5.74, 6) is 0.111. The molecule has 0 bridgehead atoms. The van der Waals surface area contributed by atoms with Gasteiger partial charge in [0.15, 0.2) is 0 Å². The van der Waals surface area contributed by atoms with Crippen molar-refractivity contribution >= 4 is 34.0 Å². The maximum Gasteiger partial charge on any atom is 0.254 e. The molecule has 0 saturated carbocycles. The minimum absolute atomic E-state index is 0. The highest BCUT2D eigenvalue weighted by molar-refractivity contribution is 7.93. The first kappa shape index (κ1) is 20.0. The number of hydrogen-bond donors (Lipinski definition) is 1. The van der Waals surface area contributed by atoms with Gasteiger partial charge in [0.1, 0.15) is 0 Å². The molecule has 0 spiro atoms. The van der Waals surface area contributed by atoms with Crippen LogP contribution in [-0.2, 0) is 10.0 Å². The van der Waals surface area contributed by atoms with Gasteiger partial charge in [0, 0.05) is 30.7 Å². The van der Waals surface area contributed by atoms with Crippen molar-refractivity contribution in [2.75, 3.05) is 23.1 Å². The molecule has 1 aromatic rings. The fourth-order valence-corrected chi connectivity index (χ4v) is 5.20. The maximum absolute atomic E-state index is 12.9. The van der Waals surface area contributed by atoms with Gasteiger partial charge in [0.25, 0.3) is 5.91 Å². The number of nitrogens with zero attached hydrogens (tertiary/aromatic N) is 2. The van der Waals surface area contributed by atoms with E-state index >= 15 is 0 Å². The van der Waals surface area contributed by atoms with Crippen LogP contribution in [0.4, 0.5) is 5.69 Å². The Labute approximate surface area is 155 Å². The van der Waals surface area contributed by atoms with Crippen LogP contribution in [0.2, 0.25) is 0 Å². The van der Waals surface area contributed by atoms with Crippen molar-refractivity contribution in [3.05, 3.63) is 29.8 Å². The van der Waals surface area contributed by atoms with Crippen LogP contribution < -0.4 is 10.0 Å². The zero-order chi connectivity index (χ0) is 17.3. The number of carbonyl (C=O) groups excluding carboxylic acids is 1. The Bertz CT molecular complexity index is 724. The summed E-state index contributed by atoms with van der Waals surface area (Å²) in [6.07, 6.45) is 3.61. The fraction of sp³-hybridized carbons (Fsp3) is 0.588. The Kier molecular flexibility index (Phi) is 6.35. The normalized spacial score (nSPS) is 23.8. The van der Waals surface area contributed by atoms with Crippen molar-refractivity contribution in [1.29, 1.82) is 0 Å². The van der Waals surface area contributed by atoms with Gasteiger partial charge in [0.2, 0.25) is 10.0 Å². The Morgan fingerprint density at radius 3 is 2.64 bits per heavy atom. The highest BCUT2D eigenvalue weighted by atomic mass is 35.5. The van der Waals surface area contributed by atoms with E-state index in [1.165, 1.54) is 4.31 Å². The summed E-state index contributed by atoms with van der Waals surface area (Å²) in [5, 5.41) is 0. The van der Waals surface area contributed by atoms with Gasteiger partial charge in [-0.25, -0.2) is 8.42 Å². The molecule has 25 heavy (non-hydrogen) atoms. The van der Waals surface area contributed by atoms with Crippen LogP contribution in [0.1, 0.15) is 43.0 Å². The molecule has 2 fully saturated rings. The lowest BCUT2D eigenvalue weighted by atomic mass is 9.96. The molecule has 2 heterocycles. The van der Waals surface area contributed by atoms with Crippen molar-refractivity contribution in [2.45, 2.75) is 44.7 Å². The van der Waals surface area contributed by atoms with E-state index in [1.807, 2.05) is 11.8 Å². The zero-order valence-corrected chi connectivity index (χ0v) is 16.1. The van der Waals surface area contributed by atoms with E-state index in [4.69, 9.17) is 5.73 Å². The molecule has 1 amide bonds. The second-order valence-corrected chi connectivity index (χ2v) is 8.73. The van der Waals surface area contributed by atoms with Gasteiger partial charge in [-0.2, -0.15) is 0 Å². The van der Waals surface area contributed by atoms with E-state index in [0.29, 0.717) is 30.8 Å². The lowest BCUT2D eigenvalue weighted by molar-refractivity contribution is 0.0584. The largest absolute Gasteiger partial charge is 0.334 e. The average molecular weight is 388 g/mol. The number of rotatable bonds is 3. The molecule has 6 nitrogen and oxygen atoms in total. The van der Waals surface area contributed by atoms with Gasteiger partial charge in [-0.15, -0.1) is 12.4 Å². The number of benzene rings is 1. The van der Waals surface area contributed by atoms with Crippen molar-refractivity contribution in [2.24, 2.45) is 5.73 Å². The summed E-state index contributed by atoms with van der Waals surface area (Å²) in [6, 6.07) is 6.92. The Morgan fingerprint density at radius 1 is 1.24 bits per heavy atom. The first-order chi connectivity index (χ1) is 11.4. The topological polar surface area (TPSA) is 83.7 Å². The second-order valence-electron chi connectivity index (χ2n) is 6.71. The Morgan fingerprint density at radius 2 is 2.00 bits per heavy atom. The third-order valence-corrected chi connectivity index (χ3v) is 6.77. The monoisotopic (exact) mass is 387 g/mol. The molecule has 0 radical (unpaired) electrons. The number of amides is 1. The molecule has 1 aromatic carbocycles. The van der Waals surface area contributed by atoms with Crippen molar-refractivity contribution in [3.8, 4) is 0 Å². The Hall–Kier alpha value is -1.31. The fourth-order valence-electron chi connectivity index (χ4n) is 3.65.